The molecule has 0 aliphatic carbocycles. The molecule has 2 nitrogen and oxygen atoms in total. The van der Waals surface area contributed by atoms with E-state index in [4.69, 9.17) is 0 Å². The average Bonchev–Trinajstić information content (AvgIpc) is 3.45. The highest BCUT2D eigenvalue weighted by Gasteiger charge is 2.45. The third-order valence-corrected chi connectivity index (χ3v) is 15.4. The first-order valence-corrected chi connectivity index (χ1v) is 25.1. The summed E-state index contributed by atoms with van der Waals surface area (Å²) in [6.45, 7) is 2.24. The SMILES string of the molecule is Cc1ccc2c(c1)B1c3ccccc3N(c3cccc(C(c4ccccc4)(c4ccccc4)c4ccccc4)c3)c3cccc(c31)N2c1cccc(C(c2ccccc2)(c2ccccc2)c2ccccc2)c1. The fourth-order valence-corrected chi connectivity index (χ4v) is 12.5. The van der Waals surface area contributed by atoms with Gasteiger partial charge in [-0.2, -0.15) is 0 Å². The predicted octanol–water partition coefficient (Wildman–Crippen LogP) is 14.8. The zero-order chi connectivity index (χ0) is 48.1. The van der Waals surface area contributed by atoms with Crippen LogP contribution in [-0.2, 0) is 10.8 Å². The van der Waals surface area contributed by atoms with E-state index in [0.29, 0.717) is 0 Å². The van der Waals surface area contributed by atoms with Crippen molar-refractivity contribution in [1.82, 2.24) is 0 Å². The molecular weight excluding hydrogens is 868 g/mol. The second-order valence-corrected chi connectivity index (χ2v) is 19.2. The first kappa shape index (κ1) is 43.1. The van der Waals surface area contributed by atoms with E-state index in [1.807, 2.05) is 0 Å². The Balaban J connectivity index is 1.04. The van der Waals surface area contributed by atoms with Gasteiger partial charge in [-0.1, -0.05) is 248 Å². The minimum absolute atomic E-state index is 0.00950. The predicted molar refractivity (Wildman–Crippen MR) is 302 cm³/mol. The Morgan fingerprint density at radius 2 is 0.583 bits per heavy atom. The number of rotatable bonds is 10. The van der Waals surface area contributed by atoms with E-state index >= 15 is 0 Å². The average molecular weight is 919 g/mol. The van der Waals surface area contributed by atoms with Crippen molar-refractivity contribution in [1.29, 1.82) is 0 Å². The summed E-state index contributed by atoms with van der Waals surface area (Å²) in [5.74, 6) is 0. The molecule has 72 heavy (non-hydrogen) atoms. The topological polar surface area (TPSA) is 6.48 Å². The van der Waals surface area contributed by atoms with E-state index in [9.17, 15) is 0 Å². The molecule has 0 N–H and O–H groups in total. The lowest BCUT2D eigenvalue weighted by atomic mass is 9.33. The van der Waals surface area contributed by atoms with Crippen molar-refractivity contribution in [3.63, 3.8) is 0 Å². The molecule has 0 spiro atoms. The number of benzene rings is 11. The number of hydrogen-bond acceptors (Lipinski definition) is 2. The second kappa shape index (κ2) is 17.8. The standard InChI is InChI=1S/C69H51BN2/c1-50-45-46-64-62(47-50)70-61-41-20-21-42-63(61)71(59-39-22-37-57(48-59)68(51-25-8-2-9-26-51,52-27-10-3-11-28-52)53-29-12-4-13-30-53)65-43-24-44-66(67(65)70)72(64)60-40-23-38-58(49-60)69(54-31-14-5-15-32-54,55-33-16-6-17-34-55)56-35-18-7-19-36-56/h2-49H,1H3. The van der Waals surface area contributed by atoms with Gasteiger partial charge in [-0.3, -0.25) is 0 Å². The van der Waals surface area contributed by atoms with Crippen LogP contribution in [0.1, 0.15) is 50.1 Å². The van der Waals surface area contributed by atoms with Crippen molar-refractivity contribution < 1.29 is 0 Å². The molecular formula is C69H51BN2. The molecule has 2 aliphatic heterocycles. The maximum absolute atomic E-state index is 2.53. The lowest BCUT2D eigenvalue weighted by Gasteiger charge is -2.44. The number of hydrogen-bond donors (Lipinski definition) is 0. The molecule has 13 rings (SSSR count). The third-order valence-electron chi connectivity index (χ3n) is 15.4. The Hall–Kier alpha value is -8.92. The minimum Gasteiger partial charge on any atom is -0.311 e. The van der Waals surface area contributed by atoms with Gasteiger partial charge in [0.1, 0.15) is 0 Å². The second-order valence-electron chi connectivity index (χ2n) is 19.2. The van der Waals surface area contributed by atoms with E-state index in [-0.39, 0.29) is 6.71 Å². The molecule has 0 bridgehead atoms. The highest BCUT2D eigenvalue weighted by atomic mass is 15.2. The fourth-order valence-electron chi connectivity index (χ4n) is 12.5. The highest BCUT2D eigenvalue weighted by Crippen LogP contribution is 2.50. The molecule has 0 amide bonds. The number of fused-ring (bicyclic) bond motifs is 4. The first-order valence-electron chi connectivity index (χ1n) is 25.1. The zero-order valence-corrected chi connectivity index (χ0v) is 40.2. The van der Waals surface area contributed by atoms with Crippen molar-refractivity contribution in [2.75, 3.05) is 9.80 Å². The third kappa shape index (κ3) is 6.73. The largest absolute Gasteiger partial charge is 0.311 e. The van der Waals surface area contributed by atoms with Gasteiger partial charge < -0.3 is 9.80 Å². The maximum atomic E-state index is 2.53. The van der Waals surface area contributed by atoms with Crippen LogP contribution < -0.4 is 26.2 Å². The van der Waals surface area contributed by atoms with E-state index in [2.05, 4.69) is 308 Å². The maximum Gasteiger partial charge on any atom is 0.252 e. The van der Waals surface area contributed by atoms with E-state index in [0.717, 1.165) is 11.4 Å². The van der Waals surface area contributed by atoms with Crippen LogP contribution in [0.4, 0.5) is 34.1 Å². The summed E-state index contributed by atoms with van der Waals surface area (Å²) in [6.07, 6.45) is 0. The molecule has 0 fully saturated rings. The Kier molecular flexibility index (Phi) is 10.7. The van der Waals surface area contributed by atoms with Gasteiger partial charge >= 0.3 is 0 Å². The highest BCUT2D eigenvalue weighted by molar-refractivity contribution is 7.00. The molecule has 3 heteroatoms. The normalized spacial score (nSPS) is 12.7. The lowest BCUT2D eigenvalue weighted by molar-refractivity contribution is 0.745. The lowest BCUT2D eigenvalue weighted by Crippen LogP contribution is -2.61. The molecule has 0 atom stereocenters. The van der Waals surface area contributed by atoms with E-state index in [1.165, 1.54) is 89.2 Å². The van der Waals surface area contributed by atoms with Crippen molar-refractivity contribution in [3.8, 4) is 0 Å². The Bertz CT molecular complexity index is 3500. The summed E-state index contributed by atoms with van der Waals surface area (Å²) in [5.41, 5.74) is 20.6. The molecule has 11 aromatic carbocycles. The van der Waals surface area contributed by atoms with Gasteiger partial charge in [0.25, 0.3) is 6.71 Å². The van der Waals surface area contributed by atoms with Gasteiger partial charge in [-0.15, -0.1) is 0 Å². The van der Waals surface area contributed by atoms with E-state index < -0.39 is 10.8 Å². The van der Waals surface area contributed by atoms with Crippen molar-refractivity contribution >= 4 is 57.2 Å². The van der Waals surface area contributed by atoms with E-state index in [1.54, 1.807) is 0 Å². The fraction of sp³-hybridized carbons (Fsp3) is 0.0435. The molecule has 340 valence electrons. The first-order chi connectivity index (χ1) is 35.7. The molecule has 0 aromatic heterocycles. The Morgan fingerprint density at radius 3 is 0.986 bits per heavy atom. The van der Waals surface area contributed by atoms with Gasteiger partial charge in [0.2, 0.25) is 0 Å². The summed E-state index contributed by atoms with van der Waals surface area (Å²) in [6, 6.07) is 108. The Morgan fingerprint density at radius 1 is 0.264 bits per heavy atom. The molecule has 0 saturated heterocycles. The van der Waals surface area contributed by atoms with Gasteiger partial charge in [0.05, 0.1) is 10.8 Å². The van der Waals surface area contributed by atoms with Crippen LogP contribution in [0.3, 0.4) is 0 Å². The summed E-state index contributed by atoms with van der Waals surface area (Å²) in [4.78, 5) is 5.06. The Labute approximate surface area is 423 Å². The molecule has 0 unspecified atom stereocenters. The summed E-state index contributed by atoms with van der Waals surface area (Å²) >= 11 is 0. The van der Waals surface area contributed by atoms with Crippen LogP contribution in [0.2, 0.25) is 0 Å². The smallest absolute Gasteiger partial charge is 0.252 e. The molecule has 2 aliphatic rings. The van der Waals surface area contributed by atoms with Crippen LogP contribution in [0.5, 0.6) is 0 Å². The zero-order valence-electron chi connectivity index (χ0n) is 40.2. The van der Waals surface area contributed by atoms with Crippen LogP contribution in [-0.4, -0.2) is 6.71 Å². The molecule has 11 aromatic rings. The van der Waals surface area contributed by atoms with Crippen LogP contribution in [0, 0.1) is 6.92 Å². The summed E-state index contributed by atoms with van der Waals surface area (Å²) < 4.78 is 0. The summed E-state index contributed by atoms with van der Waals surface area (Å²) in [5, 5.41) is 0. The van der Waals surface area contributed by atoms with Crippen molar-refractivity contribution in [2.24, 2.45) is 0 Å². The van der Waals surface area contributed by atoms with Gasteiger partial charge in [-0.25, -0.2) is 0 Å². The molecule has 2 heterocycles. The summed E-state index contributed by atoms with van der Waals surface area (Å²) in [7, 11) is 0. The van der Waals surface area contributed by atoms with Crippen LogP contribution >= 0.6 is 0 Å². The van der Waals surface area contributed by atoms with Crippen LogP contribution in [0.25, 0.3) is 0 Å². The molecule has 0 radical (unpaired) electrons. The molecule has 0 saturated carbocycles. The van der Waals surface area contributed by atoms with Crippen molar-refractivity contribution in [2.45, 2.75) is 17.8 Å². The van der Waals surface area contributed by atoms with Crippen LogP contribution in [0.15, 0.2) is 291 Å². The number of nitrogens with zero attached hydrogens (tertiary/aromatic N) is 2. The van der Waals surface area contributed by atoms with Crippen molar-refractivity contribution in [3.05, 3.63) is 341 Å². The minimum atomic E-state index is -0.598. The number of anilines is 6. The van der Waals surface area contributed by atoms with Gasteiger partial charge in [-0.05, 0) is 116 Å². The van der Waals surface area contributed by atoms with Gasteiger partial charge in [0.15, 0.2) is 0 Å². The number of aryl methyl sites for hydroxylation is 1. The quantitative estimate of drug-likeness (QED) is 0.0996. The monoisotopic (exact) mass is 918 g/mol. The van der Waals surface area contributed by atoms with Gasteiger partial charge in [0, 0.05) is 34.1 Å². The number of para-hydroxylation sites is 1.